The first kappa shape index (κ1) is 24.2. The molecular formula is C29H28ClN3O3. The molecule has 0 radical (unpaired) electrons. The summed E-state index contributed by atoms with van der Waals surface area (Å²) in [5.41, 5.74) is 5.40. The van der Waals surface area contributed by atoms with E-state index in [1.165, 1.54) is 0 Å². The van der Waals surface area contributed by atoms with Crippen molar-refractivity contribution in [2.75, 3.05) is 26.3 Å². The minimum atomic E-state index is -0.451. The van der Waals surface area contributed by atoms with Gasteiger partial charge in [0.05, 0.1) is 31.3 Å². The van der Waals surface area contributed by atoms with Crippen LogP contribution < -0.4 is 5.43 Å². The fourth-order valence-corrected chi connectivity index (χ4v) is 5.56. The van der Waals surface area contributed by atoms with Crippen LogP contribution in [0.25, 0.3) is 0 Å². The van der Waals surface area contributed by atoms with Crippen molar-refractivity contribution in [2.45, 2.75) is 11.8 Å². The predicted molar refractivity (Wildman–Crippen MR) is 140 cm³/mol. The number of carbonyl (C=O) groups is 2. The van der Waals surface area contributed by atoms with Crippen LogP contribution in [0, 0.1) is 11.8 Å². The van der Waals surface area contributed by atoms with Crippen molar-refractivity contribution in [3.63, 3.8) is 0 Å². The second-order valence-corrected chi connectivity index (χ2v) is 9.53. The molecule has 2 amide bonds. The third kappa shape index (κ3) is 4.92. The van der Waals surface area contributed by atoms with Gasteiger partial charge in [-0.25, -0.2) is 5.43 Å². The lowest BCUT2D eigenvalue weighted by atomic mass is 9.51. The standard InChI is InChI=1S/C29H28ClN3O3/c30-23-14-8-7-13-22(23)19-31-32-28(34)26-24(20-9-3-1-4-10-20)27(25(26)21-11-5-2-6-12-21)29(35)33-15-17-36-18-16-33/h1-14,19,24-27H,15-18H2,(H,32,34). The van der Waals surface area contributed by atoms with Crippen molar-refractivity contribution in [1.82, 2.24) is 10.3 Å². The zero-order valence-corrected chi connectivity index (χ0v) is 20.6. The Morgan fingerprint density at radius 2 is 1.39 bits per heavy atom. The Kier molecular flexibility index (Phi) is 7.44. The molecule has 5 rings (SSSR count). The van der Waals surface area contributed by atoms with Gasteiger partial charge in [-0.1, -0.05) is 90.5 Å². The maximum Gasteiger partial charge on any atom is 0.244 e. The Labute approximate surface area is 215 Å². The van der Waals surface area contributed by atoms with Crippen LogP contribution in [0.3, 0.4) is 0 Å². The summed E-state index contributed by atoms with van der Waals surface area (Å²) in [6, 6.07) is 27.0. The van der Waals surface area contributed by atoms with E-state index in [9.17, 15) is 9.59 Å². The fourth-order valence-electron chi connectivity index (χ4n) is 5.38. The monoisotopic (exact) mass is 501 g/mol. The molecule has 1 aliphatic carbocycles. The van der Waals surface area contributed by atoms with E-state index in [-0.39, 0.29) is 29.6 Å². The largest absolute Gasteiger partial charge is 0.378 e. The summed E-state index contributed by atoms with van der Waals surface area (Å²) < 4.78 is 5.47. The summed E-state index contributed by atoms with van der Waals surface area (Å²) in [5, 5.41) is 4.76. The molecule has 1 saturated carbocycles. The van der Waals surface area contributed by atoms with E-state index in [1.807, 2.05) is 83.8 Å². The molecule has 2 atom stereocenters. The van der Waals surface area contributed by atoms with Crippen LogP contribution in [0.15, 0.2) is 90.0 Å². The van der Waals surface area contributed by atoms with Gasteiger partial charge in [-0.15, -0.1) is 0 Å². The van der Waals surface area contributed by atoms with Crippen LogP contribution in [0.2, 0.25) is 5.02 Å². The second-order valence-electron chi connectivity index (χ2n) is 9.12. The fraction of sp³-hybridized carbons (Fsp3) is 0.276. The van der Waals surface area contributed by atoms with Crippen LogP contribution in [0.1, 0.15) is 28.5 Å². The van der Waals surface area contributed by atoms with E-state index in [0.717, 1.165) is 11.1 Å². The molecule has 3 aromatic carbocycles. The smallest absolute Gasteiger partial charge is 0.244 e. The number of rotatable bonds is 6. The summed E-state index contributed by atoms with van der Waals surface area (Å²) in [6.07, 6.45) is 1.55. The predicted octanol–water partition coefficient (Wildman–Crippen LogP) is 4.46. The molecule has 2 aliphatic rings. The first-order valence-electron chi connectivity index (χ1n) is 12.2. The van der Waals surface area contributed by atoms with E-state index in [4.69, 9.17) is 16.3 Å². The zero-order chi connectivity index (χ0) is 24.9. The van der Waals surface area contributed by atoms with E-state index in [2.05, 4.69) is 10.5 Å². The number of hydrogen-bond acceptors (Lipinski definition) is 4. The lowest BCUT2D eigenvalue weighted by Crippen LogP contribution is -2.57. The van der Waals surface area contributed by atoms with Crippen molar-refractivity contribution in [3.05, 3.63) is 107 Å². The maximum atomic E-state index is 13.8. The number of amides is 2. The average molecular weight is 502 g/mol. The molecule has 0 aromatic heterocycles. The quantitative estimate of drug-likeness (QED) is 0.400. The molecule has 0 spiro atoms. The number of carbonyl (C=O) groups excluding carboxylic acids is 2. The molecule has 6 nitrogen and oxygen atoms in total. The second kappa shape index (κ2) is 11.1. The number of benzene rings is 3. The number of nitrogens with zero attached hydrogens (tertiary/aromatic N) is 2. The molecule has 1 heterocycles. The topological polar surface area (TPSA) is 71.0 Å². The molecule has 1 N–H and O–H groups in total. The number of ether oxygens (including phenoxy) is 1. The van der Waals surface area contributed by atoms with E-state index in [1.54, 1.807) is 12.3 Å². The van der Waals surface area contributed by atoms with Gasteiger partial charge in [-0.2, -0.15) is 5.10 Å². The van der Waals surface area contributed by atoms with Gasteiger partial charge in [0.1, 0.15) is 0 Å². The molecule has 3 aromatic rings. The Morgan fingerprint density at radius 3 is 1.97 bits per heavy atom. The van der Waals surface area contributed by atoms with Crippen LogP contribution in [0.5, 0.6) is 0 Å². The highest BCUT2D eigenvalue weighted by Gasteiger charge is 2.58. The molecule has 36 heavy (non-hydrogen) atoms. The summed E-state index contributed by atoms with van der Waals surface area (Å²) in [7, 11) is 0. The number of morpholine rings is 1. The number of hydrogen-bond donors (Lipinski definition) is 1. The summed E-state index contributed by atoms with van der Waals surface area (Å²) >= 11 is 6.22. The number of hydrazone groups is 1. The Morgan fingerprint density at radius 1 is 0.833 bits per heavy atom. The SMILES string of the molecule is O=C(NN=Cc1ccccc1Cl)C1C(c2ccccc2)C(C(=O)N2CCOCC2)C1c1ccccc1. The first-order valence-corrected chi connectivity index (χ1v) is 12.6. The third-order valence-corrected chi connectivity index (χ3v) is 7.45. The molecule has 2 unspecified atom stereocenters. The zero-order valence-electron chi connectivity index (χ0n) is 19.8. The van der Waals surface area contributed by atoms with Crippen molar-refractivity contribution in [3.8, 4) is 0 Å². The normalized spacial score (nSPS) is 23.8. The minimum Gasteiger partial charge on any atom is -0.378 e. The highest BCUT2D eigenvalue weighted by atomic mass is 35.5. The summed E-state index contributed by atoms with van der Waals surface area (Å²) in [4.78, 5) is 29.3. The Bertz CT molecular complexity index is 1180. The van der Waals surface area contributed by atoms with Gasteiger partial charge in [0, 0.05) is 35.5 Å². The maximum absolute atomic E-state index is 13.8. The molecule has 1 aliphatic heterocycles. The summed E-state index contributed by atoms with van der Waals surface area (Å²) in [5.74, 6) is -1.47. The van der Waals surface area contributed by atoms with E-state index in [0.29, 0.717) is 36.9 Å². The third-order valence-electron chi connectivity index (χ3n) is 7.11. The van der Waals surface area contributed by atoms with Gasteiger partial charge in [0.2, 0.25) is 11.8 Å². The van der Waals surface area contributed by atoms with Gasteiger partial charge in [0.25, 0.3) is 0 Å². The van der Waals surface area contributed by atoms with Crippen molar-refractivity contribution in [2.24, 2.45) is 16.9 Å². The van der Waals surface area contributed by atoms with Gasteiger partial charge >= 0.3 is 0 Å². The lowest BCUT2D eigenvalue weighted by Gasteiger charge is -2.52. The highest BCUT2D eigenvalue weighted by Crippen LogP contribution is 2.58. The van der Waals surface area contributed by atoms with Gasteiger partial charge in [-0.3, -0.25) is 9.59 Å². The van der Waals surface area contributed by atoms with Crippen LogP contribution in [-0.2, 0) is 14.3 Å². The first-order chi connectivity index (χ1) is 17.6. The molecule has 2 fully saturated rings. The van der Waals surface area contributed by atoms with Crippen molar-refractivity contribution in [1.29, 1.82) is 0 Å². The molecule has 0 bridgehead atoms. The van der Waals surface area contributed by atoms with Crippen LogP contribution in [-0.4, -0.2) is 49.2 Å². The molecule has 184 valence electrons. The van der Waals surface area contributed by atoms with Gasteiger partial charge in [-0.05, 0) is 17.2 Å². The van der Waals surface area contributed by atoms with Gasteiger partial charge in [0.15, 0.2) is 0 Å². The van der Waals surface area contributed by atoms with Crippen molar-refractivity contribution < 1.29 is 14.3 Å². The average Bonchev–Trinajstić information content (AvgIpc) is 2.91. The molecule has 7 heteroatoms. The molecule has 1 saturated heterocycles. The lowest BCUT2D eigenvalue weighted by molar-refractivity contribution is -0.151. The Hall–Kier alpha value is -3.48. The van der Waals surface area contributed by atoms with Gasteiger partial charge < -0.3 is 9.64 Å². The molecular weight excluding hydrogens is 474 g/mol. The number of nitrogens with one attached hydrogen (secondary N) is 1. The Balaban J connectivity index is 1.47. The summed E-state index contributed by atoms with van der Waals surface area (Å²) in [6.45, 7) is 2.20. The highest BCUT2D eigenvalue weighted by molar-refractivity contribution is 6.33. The van der Waals surface area contributed by atoms with E-state index < -0.39 is 5.92 Å². The van der Waals surface area contributed by atoms with Crippen LogP contribution >= 0.6 is 11.6 Å². The minimum absolute atomic E-state index is 0.0737. The number of halogens is 1. The van der Waals surface area contributed by atoms with Crippen LogP contribution in [0.4, 0.5) is 0 Å². The van der Waals surface area contributed by atoms with E-state index >= 15 is 0 Å². The van der Waals surface area contributed by atoms with Crippen molar-refractivity contribution >= 4 is 29.6 Å².